The van der Waals surface area contributed by atoms with Crippen molar-refractivity contribution >= 4 is 0 Å². The van der Waals surface area contributed by atoms with E-state index in [1.165, 1.54) is 38.0 Å². The van der Waals surface area contributed by atoms with E-state index in [0.717, 1.165) is 18.5 Å². The number of fused-ring (bicyclic) bond motifs is 1. The molecule has 0 spiro atoms. The average molecular weight is 216 g/mol. The fraction of sp³-hybridized carbons (Fsp3) is 0.571. The third kappa shape index (κ3) is 2.13. The second kappa shape index (κ2) is 4.56. The lowest BCUT2D eigenvalue weighted by Crippen LogP contribution is -2.40. The van der Waals surface area contributed by atoms with E-state index >= 15 is 0 Å². The SMILES string of the molecule is c1ccc(CN2CC3NCCC[C@@H]3C2)cc1. The molecular weight excluding hydrogens is 196 g/mol. The van der Waals surface area contributed by atoms with Crippen molar-refractivity contribution in [3.63, 3.8) is 0 Å². The molecule has 86 valence electrons. The van der Waals surface area contributed by atoms with E-state index in [1.54, 1.807) is 0 Å². The minimum atomic E-state index is 0.762. The molecule has 0 amide bonds. The predicted molar refractivity (Wildman–Crippen MR) is 66.2 cm³/mol. The second-order valence-electron chi connectivity index (χ2n) is 5.14. The standard InChI is InChI=1S/C14H20N2/c1-2-5-12(6-3-1)9-16-10-13-7-4-8-15-14(13)11-16/h1-3,5-6,13-15H,4,7-11H2/t13-,14?/m1/s1. The van der Waals surface area contributed by atoms with Crippen molar-refractivity contribution in [3.05, 3.63) is 35.9 Å². The first-order valence-corrected chi connectivity index (χ1v) is 6.41. The van der Waals surface area contributed by atoms with Gasteiger partial charge in [-0.05, 0) is 30.9 Å². The summed E-state index contributed by atoms with van der Waals surface area (Å²) in [6, 6.07) is 11.6. The molecule has 1 aromatic rings. The zero-order valence-corrected chi connectivity index (χ0v) is 9.73. The Balaban J connectivity index is 1.61. The van der Waals surface area contributed by atoms with Crippen molar-refractivity contribution in [1.82, 2.24) is 10.2 Å². The molecule has 2 atom stereocenters. The van der Waals surface area contributed by atoms with Crippen molar-refractivity contribution < 1.29 is 0 Å². The van der Waals surface area contributed by atoms with Gasteiger partial charge in [0.1, 0.15) is 0 Å². The monoisotopic (exact) mass is 216 g/mol. The van der Waals surface area contributed by atoms with E-state index in [-0.39, 0.29) is 0 Å². The zero-order valence-electron chi connectivity index (χ0n) is 9.73. The van der Waals surface area contributed by atoms with Crippen LogP contribution in [0.2, 0.25) is 0 Å². The van der Waals surface area contributed by atoms with Crippen LogP contribution in [0.15, 0.2) is 30.3 Å². The third-order valence-corrected chi connectivity index (χ3v) is 3.92. The highest BCUT2D eigenvalue weighted by molar-refractivity contribution is 5.15. The van der Waals surface area contributed by atoms with Gasteiger partial charge in [-0.15, -0.1) is 0 Å². The molecule has 16 heavy (non-hydrogen) atoms. The number of benzene rings is 1. The first-order chi connectivity index (χ1) is 7.92. The fourth-order valence-corrected chi connectivity index (χ4v) is 3.11. The lowest BCUT2D eigenvalue weighted by molar-refractivity contribution is 0.312. The molecule has 2 aliphatic heterocycles. The Morgan fingerprint density at radius 2 is 2.06 bits per heavy atom. The van der Waals surface area contributed by atoms with Gasteiger partial charge < -0.3 is 5.32 Å². The second-order valence-corrected chi connectivity index (χ2v) is 5.14. The molecule has 1 aromatic carbocycles. The number of likely N-dealkylation sites (tertiary alicyclic amines) is 1. The maximum absolute atomic E-state index is 3.66. The van der Waals surface area contributed by atoms with Gasteiger partial charge in [0.2, 0.25) is 0 Å². The van der Waals surface area contributed by atoms with E-state index in [2.05, 4.69) is 40.5 Å². The predicted octanol–water partition coefficient (Wildman–Crippen LogP) is 1.87. The first kappa shape index (κ1) is 10.3. The van der Waals surface area contributed by atoms with Gasteiger partial charge in [0, 0.05) is 25.7 Å². The molecule has 0 aromatic heterocycles. The van der Waals surface area contributed by atoms with Crippen LogP contribution >= 0.6 is 0 Å². The summed E-state index contributed by atoms with van der Waals surface area (Å²) in [6.45, 7) is 4.86. The number of hydrogen-bond acceptors (Lipinski definition) is 2. The minimum Gasteiger partial charge on any atom is -0.312 e. The van der Waals surface area contributed by atoms with Gasteiger partial charge in [-0.1, -0.05) is 30.3 Å². The molecule has 2 aliphatic rings. The highest BCUT2D eigenvalue weighted by Gasteiger charge is 2.33. The van der Waals surface area contributed by atoms with Gasteiger partial charge >= 0.3 is 0 Å². The van der Waals surface area contributed by atoms with Crippen LogP contribution in [-0.2, 0) is 6.54 Å². The Hall–Kier alpha value is -0.860. The molecule has 0 aliphatic carbocycles. The number of hydrogen-bond donors (Lipinski definition) is 1. The van der Waals surface area contributed by atoms with Gasteiger partial charge in [-0.3, -0.25) is 4.90 Å². The first-order valence-electron chi connectivity index (χ1n) is 6.41. The highest BCUT2D eigenvalue weighted by atomic mass is 15.2. The molecule has 2 nitrogen and oxygen atoms in total. The maximum Gasteiger partial charge on any atom is 0.0235 e. The third-order valence-electron chi connectivity index (χ3n) is 3.92. The van der Waals surface area contributed by atoms with Crippen LogP contribution in [0.3, 0.4) is 0 Å². The number of nitrogens with zero attached hydrogens (tertiary/aromatic N) is 1. The summed E-state index contributed by atoms with van der Waals surface area (Å²) in [5.41, 5.74) is 1.45. The zero-order chi connectivity index (χ0) is 10.8. The number of nitrogens with one attached hydrogen (secondary N) is 1. The van der Waals surface area contributed by atoms with E-state index in [4.69, 9.17) is 0 Å². The Kier molecular flexibility index (Phi) is 2.94. The molecule has 2 heteroatoms. The number of piperidine rings is 1. The molecule has 1 unspecified atom stereocenters. The van der Waals surface area contributed by atoms with E-state index < -0.39 is 0 Å². The maximum atomic E-state index is 3.66. The Morgan fingerprint density at radius 3 is 2.88 bits per heavy atom. The average Bonchev–Trinajstić information content (AvgIpc) is 2.72. The van der Waals surface area contributed by atoms with Gasteiger partial charge in [0.05, 0.1) is 0 Å². The molecule has 2 saturated heterocycles. The van der Waals surface area contributed by atoms with Crippen LogP contribution in [0, 0.1) is 5.92 Å². The van der Waals surface area contributed by atoms with Crippen LogP contribution in [0.5, 0.6) is 0 Å². The Bertz CT molecular complexity index is 322. The van der Waals surface area contributed by atoms with Crippen molar-refractivity contribution in [1.29, 1.82) is 0 Å². The number of rotatable bonds is 2. The Labute approximate surface area is 97.6 Å². The largest absolute Gasteiger partial charge is 0.312 e. The van der Waals surface area contributed by atoms with Crippen LogP contribution in [0.1, 0.15) is 18.4 Å². The van der Waals surface area contributed by atoms with E-state index in [1.807, 2.05) is 0 Å². The Morgan fingerprint density at radius 1 is 1.19 bits per heavy atom. The minimum absolute atomic E-state index is 0.762. The summed E-state index contributed by atoms with van der Waals surface area (Å²) in [5, 5.41) is 3.66. The van der Waals surface area contributed by atoms with Crippen LogP contribution in [0.25, 0.3) is 0 Å². The summed E-state index contributed by atoms with van der Waals surface area (Å²) >= 11 is 0. The summed E-state index contributed by atoms with van der Waals surface area (Å²) < 4.78 is 0. The van der Waals surface area contributed by atoms with Crippen molar-refractivity contribution in [3.8, 4) is 0 Å². The fourth-order valence-electron chi connectivity index (χ4n) is 3.11. The van der Waals surface area contributed by atoms with Crippen LogP contribution in [-0.4, -0.2) is 30.6 Å². The smallest absolute Gasteiger partial charge is 0.0235 e. The van der Waals surface area contributed by atoms with Crippen molar-refractivity contribution in [2.24, 2.45) is 5.92 Å². The van der Waals surface area contributed by atoms with Gasteiger partial charge in [0.15, 0.2) is 0 Å². The van der Waals surface area contributed by atoms with E-state index in [0.29, 0.717) is 0 Å². The molecule has 2 fully saturated rings. The lowest BCUT2D eigenvalue weighted by Gasteiger charge is -2.24. The van der Waals surface area contributed by atoms with Gasteiger partial charge in [0.25, 0.3) is 0 Å². The molecule has 0 bridgehead atoms. The topological polar surface area (TPSA) is 15.3 Å². The summed E-state index contributed by atoms with van der Waals surface area (Å²) in [6.07, 6.45) is 2.78. The quantitative estimate of drug-likeness (QED) is 0.812. The van der Waals surface area contributed by atoms with Gasteiger partial charge in [-0.25, -0.2) is 0 Å². The van der Waals surface area contributed by atoms with Crippen molar-refractivity contribution in [2.75, 3.05) is 19.6 Å². The van der Waals surface area contributed by atoms with Crippen molar-refractivity contribution in [2.45, 2.75) is 25.4 Å². The van der Waals surface area contributed by atoms with Gasteiger partial charge in [-0.2, -0.15) is 0 Å². The molecule has 2 heterocycles. The van der Waals surface area contributed by atoms with E-state index in [9.17, 15) is 0 Å². The summed E-state index contributed by atoms with van der Waals surface area (Å²) in [5.74, 6) is 0.900. The van der Waals surface area contributed by atoms with Crippen LogP contribution in [0.4, 0.5) is 0 Å². The molecule has 3 rings (SSSR count). The summed E-state index contributed by atoms with van der Waals surface area (Å²) in [7, 11) is 0. The molecule has 1 N–H and O–H groups in total. The molecule has 0 saturated carbocycles. The normalized spacial score (nSPS) is 30.2. The summed E-state index contributed by atoms with van der Waals surface area (Å²) in [4.78, 5) is 2.60. The highest BCUT2D eigenvalue weighted by Crippen LogP contribution is 2.25. The molecular formula is C14H20N2. The lowest BCUT2D eigenvalue weighted by atomic mass is 9.94. The van der Waals surface area contributed by atoms with Crippen LogP contribution < -0.4 is 5.32 Å². The molecule has 0 radical (unpaired) electrons.